The van der Waals surface area contributed by atoms with Crippen LogP contribution in [-0.4, -0.2) is 44.0 Å². The molecule has 0 spiro atoms. The van der Waals surface area contributed by atoms with Crippen LogP contribution in [0.1, 0.15) is 35.3 Å². The van der Waals surface area contributed by atoms with E-state index in [0.29, 0.717) is 0 Å². The van der Waals surface area contributed by atoms with Crippen molar-refractivity contribution in [2.75, 3.05) is 13.1 Å². The van der Waals surface area contributed by atoms with Crippen molar-refractivity contribution >= 4 is 16.0 Å². The number of ether oxygens (including phenoxy) is 2. The number of carbonyl (C=O) groups is 1. The average Bonchev–Trinajstić information content (AvgIpc) is 2.66. The molecule has 2 aromatic carbocycles. The van der Waals surface area contributed by atoms with Gasteiger partial charge in [-0.25, -0.2) is 13.2 Å². The number of hydrogen-bond acceptors (Lipinski definition) is 5. The molecule has 0 radical (unpaired) electrons. The van der Waals surface area contributed by atoms with E-state index in [1.807, 2.05) is 45.0 Å². The van der Waals surface area contributed by atoms with E-state index < -0.39 is 16.0 Å². The third-order valence-electron chi connectivity index (χ3n) is 4.71. The average molecular weight is 404 g/mol. The van der Waals surface area contributed by atoms with Gasteiger partial charge < -0.3 is 9.47 Å². The minimum atomic E-state index is -3.71. The van der Waals surface area contributed by atoms with Gasteiger partial charge in [0, 0.05) is 13.1 Å². The summed E-state index contributed by atoms with van der Waals surface area (Å²) in [6, 6.07) is 13.6. The lowest BCUT2D eigenvalue weighted by Gasteiger charge is -2.34. The monoisotopic (exact) mass is 403 g/mol. The van der Waals surface area contributed by atoms with Crippen molar-refractivity contribution in [2.45, 2.75) is 44.5 Å². The maximum Gasteiger partial charge on any atom is 0.338 e. The second kappa shape index (κ2) is 8.43. The predicted octanol–water partition coefficient (Wildman–Crippen LogP) is 3.15. The van der Waals surface area contributed by atoms with Crippen LogP contribution in [0.3, 0.4) is 0 Å². The van der Waals surface area contributed by atoms with Crippen molar-refractivity contribution in [1.29, 1.82) is 0 Å². The van der Waals surface area contributed by atoms with Crippen LogP contribution < -0.4 is 0 Å². The lowest BCUT2D eigenvalue weighted by Crippen LogP contribution is -2.48. The fraction of sp³-hybridized carbons (Fsp3) is 0.381. The second-order valence-electron chi connectivity index (χ2n) is 7.11. The van der Waals surface area contributed by atoms with Crippen LogP contribution in [0.5, 0.6) is 0 Å². The summed E-state index contributed by atoms with van der Waals surface area (Å²) in [5.41, 5.74) is 2.15. The van der Waals surface area contributed by atoms with Crippen LogP contribution in [0.25, 0.3) is 0 Å². The molecule has 7 heteroatoms. The molecule has 0 aromatic heterocycles. The standard InChI is InChI=1S/C21H25NO5S/c1-15-7-4-5-8-19(15)14-26-21(23)18-9-6-10-20(11-18)28(24,25)22-12-16(2)27-17(3)13-22/h4-11,16-17H,12-14H2,1-3H3/t16-,17-/m1/s1. The highest BCUT2D eigenvalue weighted by molar-refractivity contribution is 7.89. The summed E-state index contributed by atoms with van der Waals surface area (Å²) < 4.78 is 38.4. The largest absolute Gasteiger partial charge is 0.457 e. The summed E-state index contributed by atoms with van der Waals surface area (Å²) in [4.78, 5) is 12.5. The Morgan fingerprint density at radius 2 is 1.79 bits per heavy atom. The van der Waals surface area contributed by atoms with E-state index in [0.717, 1.165) is 11.1 Å². The first-order valence-electron chi connectivity index (χ1n) is 9.24. The SMILES string of the molecule is Cc1ccccc1COC(=O)c1cccc(S(=O)(=O)N2C[C@@H](C)O[C@H](C)C2)c1. The molecule has 6 nitrogen and oxygen atoms in total. The Morgan fingerprint density at radius 1 is 1.11 bits per heavy atom. The number of aryl methyl sites for hydroxylation is 1. The van der Waals surface area contributed by atoms with E-state index in [1.165, 1.54) is 16.4 Å². The molecule has 2 atom stereocenters. The van der Waals surface area contributed by atoms with Crippen LogP contribution in [0.4, 0.5) is 0 Å². The molecule has 1 fully saturated rings. The normalized spacial score (nSPS) is 20.7. The topological polar surface area (TPSA) is 72.9 Å². The van der Waals surface area contributed by atoms with Crippen molar-refractivity contribution in [3.05, 3.63) is 65.2 Å². The van der Waals surface area contributed by atoms with E-state index in [1.54, 1.807) is 12.1 Å². The number of carbonyl (C=O) groups excluding carboxylic acids is 1. The second-order valence-corrected chi connectivity index (χ2v) is 9.05. The van der Waals surface area contributed by atoms with Crippen LogP contribution in [-0.2, 0) is 26.1 Å². The van der Waals surface area contributed by atoms with Crippen LogP contribution in [0, 0.1) is 6.92 Å². The van der Waals surface area contributed by atoms with E-state index >= 15 is 0 Å². The maximum atomic E-state index is 13.0. The van der Waals surface area contributed by atoms with E-state index in [-0.39, 0.29) is 42.4 Å². The highest BCUT2D eigenvalue weighted by atomic mass is 32.2. The fourth-order valence-corrected chi connectivity index (χ4v) is 4.90. The smallest absolute Gasteiger partial charge is 0.338 e. The van der Waals surface area contributed by atoms with Gasteiger partial charge in [0.1, 0.15) is 6.61 Å². The Kier molecular flexibility index (Phi) is 6.17. The molecule has 1 saturated heterocycles. The molecule has 150 valence electrons. The third-order valence-corrected chi connectivity index (χ3v) is 6.54. The van der Waals surface area contributed by atoms with Gasteiger partial charge >= 0.3 is 5.97 Å². The summed E-state index contributed by atoms with van der Waals surface area (Å²) in [6.45, 7) is 6.35. The first kappa shape index (κ1) is 20.5. The summed E-state index contributed by atoms with van der Waals surface area (Å²) in [5.74, 6) is -0.552. The number of nitrogens with zero attached hydrogens (tertiary/aromatic N) is 1. The number of esters is 1. The molecule has 2 aromatic rings. The van der Waals surface area contributed by atoms with Gasteiger partial charge in [-0.15, -0.1) is 0 Å². The molecule has 1 aliphatic rings. The lowest BCUT2D eigenvalue weighted by molar-refractivity contribution is -0.0440. The van der Waals surface area contributed by atoms with Crippen LogP contribution >= 0.6 is 0 Å². The Labute approximate surface area is 166 Å². The van der Waals surface area contributed by atoms with Crippen LogP contribution in [0.2, 0.25) is 0 Å². The van der Waals surface area contributed by atoms with Gasteiger partial charge in [0.2, 0.25) is 10.0 Å². The molecule has 0 amide bonds. The molecule has 0 bridgehead atoms. The van der Waals surface area contributed by atoms with Crippen LogP contribution in [0.15, 0.2) is 53.4 Å². The lowest BCUT2D eigenvalue weighted by atomic mass is 10.1. The van der Waals surface area contributed by atoms with Gasteiger partial charge in [-0.2, -0.15) is 4.31 Å². The minimum absolute atomic E-state index is 0.0825. The molecule has 28 heavy (non-hydrogen) atoms. The summed E-state index contributed by atoms with van der Waals surface area (Å²) >= 11 is 0. The molecular weight excluding hydrogens is 378 g/mol. The number of sulfonamides is 1. The zero-order valence-corrected chi connectivity index (χ0v) is 17.1. The van der Waals surface area contributed by atoms with Crippen molar-refractivity contribution in [2.24, 2.45) is 0 Å². The summed E-state index contributed by atoms with van der Waals surface area (Å²) in [7, 11) is -3.71. The minimum Gasteiger partial charge on any atom is -0.457 e. The first-order valence-corrected chi connectivity index (χ1v) is 10.7. The number of hydrogen-bond donors (Lipinski definition) is 0. The van der Waals surface area contributed by atoms with Gasteiger partial charge in [-0.05, 0) is 50.1 Å². The molecule has 1 aliphatic heterocycles. The van der Waals surface area contributed by atoms with Crippen molar-refractivity contribution in [3.8, 4) is 0 Å². The Morgan fingerprint density at radius 3 is 2.46 bits per heavy atom. The van der Waals surface area contributed by atoms with E-state index in [4.69, 9.17) is 9.47 Å². The summed E-state index contributed by atoms with van der Waals surface area (Å²) in [5, 5.41) is 0. The number of benzene rings is 2. The highest BCUT2D eigenvalue weighted by Gasteiger charge is 2.32. The molecule has 0 saturated carbocycles. The molecule has 1 heterocycles. The number of morpholine rings is 1. The summed E-state index contributed by atoms with van der Waals surface area (Å²) in [6.07, 6.45) is -0.360. The zero-order valence-electron chi connectivity index (χ0n) is 16.3. The molecule has 0 unspecified atom stereocenters. The Balaban J connectivity index is 1.76. The zero-order chi connectivity index (χ0) is 20.3. The van der Waals surface area contributed by atoms with Crippen molar-refractivity contribution in [1.82, 2.24) is 4.31 Å². The van der Waals surface area contributed by atoms with E-state index in [9.17, 15) is 13.2 Å². The Hall–Kier alpha value is -2.22. The van der Waals surface area contributed by atoms with Gasteiger partial charge in [0.15, 0.2) is 0 Å². The molecule has 3 rings (SSSR count). The molecule has 0 N–H and O–H groups in total. The highest BCUT2D eigenvalue weighted by Crippen LogP contribution is 2.22. The molecule has 0 aliphatic carbocycles. The third kappa shape index (κ3) is 4.60. The quantitative estimate of drug-likeness (QED) is 0.717. The first-order chi connectivity index (χ1) is 13.3. The van der Waals surface area contributed by atoms with Gasteiger partial charge in [0.05, 0.1) is 22.7 Å². The van der Waals surface area contributed by atoms with Gasteiger partial charge in [-0.1, -0.05) is 30.3 Å². The number of rotatable bonds is 5. The predicted molar refractivity (Wildman–Crippen MR) is 106 cm³/mol. The molecular formula is C21H25NO5S. The maximum absolute atomic E-state index is 13.0. The van der Waals surface area contributed by atoms with E-state index in [2.05, 4.69) is 0 Å². The van der Waals surface area contributed by atoms with Gasteiger partial charge in [0.25, 0.3) is 0 Å². The fourth-order valence-electron chi connectivity index (χ4n) is 3.26. The van der Waals surface area contributed by atoms with Crippen molar-refractivity contribution in [3.63, 3.8) is 0 Å². The Bertz CT molecular complexity index is 947. The van der Waals surface area contributed by atoms with Crippen molar-refractivity contribution < 1.29 is 22.7 Å². The van der Waals surface area contributed by atoms with Gasteiger partial charge in [-0.3, -0.25) is 0 Å².